The van der Waals surface area contributed by atoms with Gasteiger partial charge < -0.3 is 10.1 Å². The highest BCUT2D eigenvalue weighted by molar-refractivity contribution is 7.89. The van der Waals surface area contributed by atoms with Gasteiger partial charge in [0.2, 0.25) is 0 Å². The Morgan fingerprint density at radius 1 is 1.52 bits per heavy atom. The molecule has 7 nitrogen and oxygen atoms in total. The molecule has 0 amide bonds. The van der Waals surface area contributed by atoms with Crippen LogP contribution in [0.25, 0.3) is 0 Å². The minimum Gasteiger partial charge on any atom is -0.480 e. The number of H-pyrrole nitrogens is 1. The van der Waals surface area contributed by atoms with E-state index in [-0.39, 0.29) is 5.03 Å². The number of carboxylic acids is 1. The van der Waals surface area contributed by atoms with Crippen LogP contribution in [0.1, 0.15) is 45.4 Å². The molecule has 8 heteroatoms. The molecule has 0 radical (unpaired) electrons. The van der Waals surface area contributed by atoms with Gasteiger partial charge in [0.1, 0.15) is 11.4 Å². The standard InChI is InChI=1S/C13H21N3O4S/c1-3-10-14-8-11(15-10)21(19,20)16-13(12(17)18)6-4-9(2)5-7-13/h8-9,16H,3-7H2,1-2H3,(H,14,15)(H,17,18). The molecule has 1 fully saturated rings. The molecule has 1 aliphatic rings. The van der Waals surface area contributed by atoms with Crippen molar-refractivity contribution in [2.45, 2.75) is 56.5 Å². The molecule has 0 spiro atoms. The van der Waals surface area contributed by atoms with Crippen molar-refractivity contribution in [1.82, 2.24) is 14.7 Å². The Labute approximate surface area is 124 Å². The molecule has 0 bridgehead atoms. The summed E-state index contributed by atoms with van der Waals surface area (Å²) in [5.41, 5.74) is -1.41. The summed E-state index contributed by atoms with van der Waals surface area (Å²) in [6.07, 6.45) is 3.80. The van der Waals surface area contributed by atoms with Gasteiger partial charge in [-0.15, -0.1) is 0 Å². The van der Waals surface area contributed by atoms with Gasteiger partial charge >= 0.3 is 5.97 Å². The molecule has 2 rings (SSSR count). The first kappa shape index (κ1) is 16.0. The van der Waals surface area contributed by atoms with E-state index >= 15 is 0 Å². The van der Waals surface area contributed by atoms with Crippen molar-refractivity contribution in [2.24, 2.45) is 5.92 Å². The maximum absolute atomic E-state index is 12.4. The lowest BCUT2D eigenvalue weighted by molar-refractivity contribution is -0.145. The van der Waals surface area contributed by atoms with Crippen LogP contribution < -0.4 is 4.72 Å². The Bertz CT molecular complexity index is 615. The van der Waals surface area contributed by atoms with Crippen LogP contribution in [0, 0.1) is 5.92 Å². The highest BCUT2D eigenvalue weighted by atomic mass is 32.2. The number of carboxylic acid groups (broad SMARTS) is 1. The van der Waals surface area contributed by atoms with E-state index in [0.717, 1.165) is 0 Å². The fourth-order valence-electron chi connectivity index (χ4n) is 2.59. The molecule has 0 aliphatic heterocycles. The number of hydrogen-bond acceptors (Lipinski definition) is 4. The Morgan fingerprint density at radius 3 is 2.62 bits per heavy atom. The quantitative estimate of drug-likeness (QED) is 0.758. The molecule has 0 unspecified atom stereocenters. The minimum absolute atomic E-state index is 0.0846. The average Bonchev–Trinajstić information content (AvgIpc) is 2.91. The SMILES string of the molecule is CCc1ncc(S(=O)(=O)NC2(C(=O)O)CCC(C)CC2)[nH]1. The summed E-state index contributed by atoms with van der Waals surface area (Å²) in [7, 11) is -3.92. The maximum atomic E-state index is 12.4. The zero-order chi connectivity index (χ0) is 15.7. The third-order valence-electron chi connectivity index (χ3n) is 4.10. The first-order valence-electron chi connectivity index (χ1n) is 7.10. The Hall–Kier alpha value is -1.41. The van der Waals surface area contributed by atoms with E-state index in [2.05, 4.69) is 14.7 Å². The third kappa shape index (κ3) is 3.26. The fraction of sp³-hybridized carbons (Fsp3) is 0.692. The number of aliphatic carboxylic acids is 1. The van der Waals surface area contributed by atoms with Crippen molar-refractivity contribution < 1.29 is 18.3 Å². The summed E-state index contributed by atoms with van der Waals surface area (Å²) in [6.45, 7) is 3.90. The summed E-state index contributed by atoms with van der Waals surface area (Å²) < 4.78 is 27.1. The molecular formula is C13H21N3O4S. The van der Waals surface area contributed by atoms with Gasteiger partial charge in [-0.05, 0) is 31.6 Å². The first-order valence-corrected chi connectivity index (χ1v) is 8.58. The van der Waals surface area contributed by atoms with E-state index in [1.165, 1.54) is 6.20 Å². The number of sulfonamides is 1. The molecule has 1 heterocycles. The van der Waals surface area contributed by atoms with E-state index in [1.54, 1.807) is 0 Å². The first-order chi connectivity index (χ1) is 9.79. The van der Waals surface area contributed by atoms with Gasteiger partial charge in [-0.1, -0.05) is 13.8 Å². The monoisotopic (exact) mass is 315 g/mol. The van der Waals surface area contributed by atoms with Crippen molar-refractivity contribution >= 4 is 16.0 Å². The second-order valence-electron chi connectivity index (χ2n) is 5.72. The molecule has 1 aromatic rings. The summed E-state index contributed by atoms with van der Waals surface area (Å²) in [6, 6.07) is 0. The van der Waals surface area contributed by atoms with Gasteiger partial charge in [0.15, 0.2) is 5.03 Å². The second-order valence-corrected chi connectivity index (χ2v) is 7.37. The fourth-order valence-corrected chi connectivity index (χ4v) is 3.95. The lowest BCUT2D eigenvalue weighted by Crippen LogP contribution is -2.56. The molecule has 21 heavy (non-hydrogen) atoms. The number of aromatic nitrogens is 2. The van der Waals surface area contributed by atoms with Gasteiger partial charge in [-0.25, -0.2) is 13.4 Å². The number of aryl methyl sites for hydroxylation is 1. The smallest absolute Gasteiger partial charge is 0.324 e. The van der Waals surface area contributed by atoms with Crippen molar-refractivity contribution in [1.29, 1.82) is 0 Å². The zero-order valence-electron chi connectivity index (χ0n) is 12.2. The van der Waals surface area contributed by atoms with Crippen LogP contribution in [0.15, 0.2) is 11.2 Å². The lowest BCUT2D eigenvalue weighted by Gasteiger charge is -2.35. The van der Waals surface area contributed by atoms with Crippen LogP contribution in [0.4, 0.5) is 0 Å². The number of rotatable bonds is 5. The number of imidazole rings is 1. The Morgan fingerprint density at radius 2 is 2.14 bits per heavy atom. The third-order valence-corrected chi connectivity index (χ3v) is 5.54. The average molecular weight is 315 g/mol. The van der Waals surface area contributed by atoms with Crippen LogP contribution in [0.2, 0.25) is 0 Å². The lowest BCUT2D eigenvalue weighted by atomic mass is 9.78. The number of aromatic amines is 1. The molecule has 0 saturated heterocycles. The van der Waals surface area contributed by atoms with Crippen molar-refractivity contribution in [2.75, 3.05) is 0 Å². The molecule has 1 aliphatic carbocycles. The van der Waals surface area contributed by atoms with Crippen molar-refractivity contribution in [3.63, 3.8) is 0 Å². The Kier molecular flexibility index (Phi) is 4.38. The molecule has 1 saturated carbocycles. The van der Waals surface area contributed by atoms with Gasteiger partial charge in [0.25, 0.3) is 10.0 Å². The zero-order valence-corrected chi connectivity index (χ0v) is 13.0. The topological polar surface area (TPSA) is 112 Å². The predicted octanol–water partition coefficient (Wildman–Crippen LogP) is 1.28. The molecule has 3 N–H and O–H groups in total. The van der Waals surface area contributed by atoms with Gasteiger partial charge in [0, 0.05) is 6.42 Å². The minimum atomic E-state index is -3.92. The number of nitrogens with zero attached hydrogens (tertiary/aromatic N) is 1. The van der Waals surface area contributed by atoms with Crippen LogP contribution in [-0.2, 0) is 21.2 Å². The van der Waals surface area contributed by atoms with Crippen molar-refractivity contribution in [3.05, 3.63) is 12.0 Å². The van der Waals surface area contributed by atoms with Crippen LogP contribution in [0.3, 0.4) is 0 Å². The Balaban J connectivity index is 2.26. The normalized spacial score (nSPS) is 26.7. The summed E-state index contributed by atoms with van der Waals surface area (Å²) in [5.74, 6) is -0.147. The van der Waals surface area contributed by atoms with Gasteiger partial charge in [-0.2, -0.15) is 4.72 Å². The van der Waals surface area contributed by atoms with E-state index in [1.807, 2.05) is 13.8 Å². The molecule has 0 atom stereocenters. The summed E-state index contributed by atoms with van der Waals surface area (Å²) in [5, 5.41) is 9.40. The van der Waals surface area contributed by atoms with Crippen LogP contribution in [-0.4, -0.2) is 35.0 Å². The second kappa shape index (κ2) is 5.76. The molecular weight excluding hydrogens is 294 g/mol. The van der Waals surface area contributed by atoms with E-state index < -0.39 is 21.5 Å². The van der Waals surface area contributed by atoms with E-state index in [4.69, 9.17) is 0 Å². The van der Waals surface area contributed by atoms with Crippen LogP contribution >= 0.6 is 0 Å². The largest absolute Gasteiger partial charge is 0.480 e. The highest BCUT2D eigenvalue weighted by Crippen LogP contribution is 2.33. The summed E-state index contributed by atoms with van der Waals surface area (Å²) in [4.78, 5) is 18.3. The highest BCUT2D eigenvalue weighted by Gasteiger charge is 2.44. The van der Waals surface area contributed by atoms with Gasteiger partial charge in [-0.3, -0.25) is 4.79 Å². The predicted molar refractivity (Wildman–Crippen MR) is 76.3 cm³/mol. The number of carbonyl (C=O) groups is 1. The number of nitrogens with one attached hydrogen (secondary N) is 2. The van der Waals surface area contributed by atoms with Gasteiger partial charge in [0.05, 0.1) is 6.20 Å². The molecule has 0 aromatic carbocycles. The van der Waals surface area contributed by atoms with Crippen molar-refractivity contribution in [3.8, 4) is 0 Å². The van der Waals surface area contributed by atoms with Crippen LogP contribution in [0.5, 0.6) is 0 Å². The van der Waals surface area contributed by atoms with E-state index in [0.29, 0.717) is 43.8 Å². The number of hydrogen-bond donors (Lipinski definition) is 3. The maximum Gasteiger partial charge on any atom is 0.324 e. The molecule has 118 valence electrons. The molecule has 1 aromatic heterocycles. The van der Waals surface area contributed by atoms with E-state index in [9.17, 15) is 18.3 Å². The summed E-state index contributed by atoms with van der Waals surface area (Å²) >= 11 is 0.